The van der Waals surface area contributed by atoms with Crippen molar-refractivity contribution in [2.45, 2.75) is 44.8 Å². The van der Waals surface area contributed by atoms with Gasteiger partial charge in [0.2, 0.25) is 0 Å². The summed E-state index contributed by atoms with van der Waals surface area (Å²) in [5, 5.41) is 0. The fourth-order valence-electron chi connectivity index (χ4n) is 4.98. The molecule has 0 bridgehead atoms. The first-order valence-electron chi connectivity index (χ1n) is 12.6. The second kappa shape index (κ2) is 10.0. The topological polar surface area (TPSA) is 55.8 Å². The number of amides is 1. The highest BCUT2D eigenvalue weighted by molar-refractivity contribution is 6.24. The third-order valence-electron chi connectivity index (χ3n) is 6.84. The summed E-state index contributed by atoms with van der Waals surface area (Å²) >= 11 is 0. The third kappa shape index (κ3) is 5.06. The van der Waals surface area contributed by atoms with Gasteiger partial charge in [-0.15, -0.1) is 0 Å². The van der Waals surface area contributed by atoms with E-state index < -0.39 is 5.60 Å². The van der Waals surface area contributed by atoms with Crippen LogP contribution in [0.4, 0.5) is 0 Å². The largest absolute Gasteiger partial charge is 0.491 e. The summed E-state index contributed by atoms with van der Waals surface area (Å²) in [5.41, 5.74) is 2.58. The van der Waals surface area contributed by atoms with Crippen molar-refractivity contribution in [3.63, 3.8) is 0 Å². The van der Waals surface area contributed by atoms with Crippen LogP contribution in [0.25, 0.3) is 11.6 Å². The molecule has 3 aromatic carbocycles. The Bertz CT molecular complexity index is 1270. The predicted octanol–water partition coefficient (Wildman–Crippen LogP) is 6.04. The Labute approximate surface area is 212 Å². The molecule has 0 saturated carbocycles. The average molecular weight is 482 g/mol. The van der Waals surface area contributed by atoms with Crippen molar-refractivity contribution in [3.05, 3.63) is 95.6 Å². The van der Waals surface area contributed by atoms with Crippen LogP contribution in [0, 0.1) is 0 Å². The lowest BCUT2D eigenvalue weighted by atomic mass is 9.82. The van der Waals surface area contributed by atoms with Gasteiger partial charge in [0.15, 0.2) is 5.78 Å². The molecule has 0 unspecified atom stereocenters. The average Bonchev–Trinajstić information content (AvgIpc) is 2.88. The Balaban J connectivity index is 1.35. The van der Waals surface area contributed by atoms with Gasteiger partial charge in [-0.3, -0.25) is 9.59 Å². The van der Waals surface area contributed by atoms with Crippen LogP contribution in [0.1, 0.15) is 54.6 Å². The molecule has 5 rings (SSSR count). The van der Waals surface area contributed by atoms with E-state index in [1.165, 1.54) is 0 Å². The van der Waals surface area contributed by atoms with Gasteiger partial charge < -0.3 is 14.4 Å². The zero-order chi connectivity index (χ0) is 25.1. The van der Waals surface area contributed by atoms with Gasteiger partial charge in [-0.2, -0.15) is 0 Å². The van der Waals surface area contributed by atoms with Crippen LogP contribution >= 0.6 is 0 Å². The van der Waals surface area contributed by atoms with Gasteiger partial charge in [0.1, 0.15) is 17.1 Å². The first-order valence-corrected chi connectivity index (χ1v) is 12.6. The SMILES string of the molecule is CC(C)Oc1ccc(/C=C(/C(=O)N2CCC3(CC2)CC(=O)c2ccccc2O3)c2ccccc2)cc1. The summed E-state index contributed by atoms with van der Waals surface area (Å²) in [7, 11) is 0. The quantitative estimate of drug-likeness (QED) is 0.329. The molecule has 1 saturated heterocycles. The number of carbonyl (C=O) groups is 2. The summed E-state index contributed by atoms with van der Waals surface area (Å²) in [6.45, 7) is 5.07. The van der Waals surface area contributed by atoms with Crippen molar-refractivity contribution in [2.24, 2.45) is 0 Å². The van der Waals surface area contributed by atoms with Gasteiger partial charge in [-0.1, -0.05) is 54.6 Å². The molecule has 184 valence electrons. The van der Waals surface area contributed by atoms with E-state index in [9.17, 15) is 9.59 Å². The number of ether oxygens (including phenoxy) is 2. The van der Waals surface area contributed by atoms with Gasteiger partial charge in [-0.25, -0.2) is 0 Å². The molecule has 0 radical (unpaired) electrons. The fraction of sp³-hybridized carbons (Fsp3) is 0.290. The third-order valence-corrected chi connectivity index (χ3v) is 6.84. The number of carbonyl (C=O) groups excluding carboxylic acids is 2. The summed E-state index contributed by atoms with van der Waals surface area (Å²) in [5.74, 6) is 1.57. The zero-order valence-corrected chi connectivity index (χ0v) is 20.8. The molecule has 36 heavy (non-hydrogen) atoms. The lowest BCUT2D eigenvalue weighted by Gasteiger charge is -2.44. The summed E-state index contributed by atoms with van der Waals surface area (Å²) in [6.07, 6.45) is 3.66. The molecule has 2 aliphatic rings. The number of hydrogen-bond donors (Lipinski definition) is 0. The minimum atomic E-state index is -0.537. The number of Topliss-reactive ketones (excluding diaryl/α,β-unsaturated/α-hetero) is 1. The molecule has 0 atom stereocenters. The Hall–Kier alpha value is -3.86. The molecule has 1 fully saturated rings. The Morgan fingerprint density at radius 3 is 2.31 bits per heavy atom. The lowest BCUT2D eigenvalue weighted by molar-refractivity contribution is -0.128. The molecule has 0 N–H and O–H groups in total. The van der Waals surface area contributed by atoms with E-state index >= 15 is 0 Å². The van der Waals surface area contributed by atoms with E-state index in [-0.39, 0.29) is 17.8 Å². The monoisotopic (exact) mass is 481 g/mol. The number of ketones is 1. The lowest BCUT2D eigenvalue weighted by Crippen LogP contribution is -2.52. The van der Waals surface area contributed by atoms with Crippen LogP contribution in [0.3, 0.4) is 0 Å². The van der Waals surface area contributed by atoms with Crippen LogP contribution in [0.15, 0.2) is 78.9 Å². The minimum absolute atomic E-state index is 0.0129. The van der Waals surface area contributed by atoms with Gasteiger partial charge in [0.05, 0.1) is 18.1 Å². The maximum absolute atomic E-state index is 13.8. The van der Waals surface area contributed by atoms with Crippen molar-refractivity contribution in [3.8, 4) is 11.5 Å². The van der Waals surface area contributed by atoms with Gasteiger partial charge in [0.25, 0.3) is 5.91 Å². The van der Waals surface area contributed by atoms with Gasteiger partial charge in [0, 0.05) is 31.5 Å². The van der Waals surface area contributed by atoms with Gasteiger partial charge in [-0.05, 0) is 55.3 Å². The summed E-state index contributed by atoms with van der Waals surface area (Å²) in [4.78, 5) is 28.4. The maximum Gasteiger partial charge on any atom is 0.254 e. The van der Waals surface area contributed by atoms with E-state index in [0.717, 1.165) is 16.9 Å². The fourth-order valence-corrected chi connectivity index (χ4v) is 4.98. The molecular weight excluding hydrogens is 450 g/mol. The smallest absolute Gasteiger partial charge is 0.254 e. The van der Waals surface area contributed by atoms with E-state index in [1.807, 2.05) is 104 Å². The molecule has 1 spiro atoms. The number of hydrogen-bond acceptors (Lipinski definition) is 4. The Morgan fingerprint density at radius 1 is 0.944 bits per heavy atom. The summed E-state index contributed by atoms with van der Waals surface area (Å²) in [6, 6.07) is 25.0. The van der Waals surface area contributed by atoms with E-state index in [2.05, 4.69) is 0 Å². The molecule has 1 amide bonds. The van der Waals surface area contributed by atoms with Crippen LogP contribution in [0.5, 0.6) is 11.5 Å². The van der Waals surface area contributed by atoms with Crippen LogP contribution in [0.2, 0.25) is 0 Å². The van der Waals surface area contributed by atoms with Crippen LogP contribution in [-0.2, 0) is 4.79 Å². The number of fused-ring (bicyclic) bond motifs is 1. The van der Waals surface area contributed by atoms with Crippen molar-refractivity contribution < 1.29 is 19.1 Å². The molecular formula is C31H31NO4. The molecule has 0 aromatic heterocycles. The van der Waals surface area contributed by atoms with E-state index in [4.69, 9.17) is 9.47 Å². The zero-order valence-electron chi connectivity index (χ0n) is 20.8. The normalized spacial score (nSPS) is 17.0. The number of piperidine rings is 1. The molecule has 5 heteroatoms. The minimum Gasteiger partial charge on any atom is -0.491 e. The molecule has 5 nitrogen and oxygen atoms in total. The van der Waals surface area contributed by atoms with Crippen LogP contribution < -0.4 is 9.47 Å². The Kier molecular flexibility index (Phi) is 6.64. The molecule has 2 heterocycles. The first-order chi connectivity index (χ1) is 17.4. The highest BCUT2D eigenvalue weighted by Gasteiger charge is 2.43. The highest BCUT2D eigenvalue weighted by Crippen LogP contribution is 2.39. The standard InChI is InChI=1S/C31H31NO4/c1-22(2)35-25-14-12-23(13-15-25)20-27(24-8-4-3-5-9-24)30(34)32-18-16-31(17-19-32)21-28(33)26-10-6-7-11-29(26)36-31/h3-15,20,22H,16-19,21H2,1-2H3/b27-20+. The van der Waals surface area contributed by atoms with Crippen LogP contribution in [-0.4, -0.2) is 41.4 Å². The van der Waals surface area contributed by atoms with Crippen molar-refractivity contribution >= 4 is 23.3 Å². The second-order valence-electron chi connectivity index (χ2n) is 9.83. The second-order valence-corrected chi connectivity index (χ2v) is 9.83. The number of likely N-dealkylation sites (tertiary alicyclic amines) is 1. The number of benzene rings is 3. The van der Waals surface area contributed by atoms with Crippen molar-refractivity contribution in [1.82, 2.24) is 4.90 Å². The number of nitrogens with zero attached hydrogens (tertiary/aromatic N) is 1. The molecule has 0 aliphatic carbocycles. The first kappa shape index (κ1) is 23.9. The van der Waals surface area contributed by atoms with E-state index in [1.54, 1.807) is 0 Å². The predicted molar refractivity (Wildman–Crippen MR) is 141 cm³/mol. The highest BCUT2D eigenvalue weighted by atomic mass is 16.5. The van der Waals surface area contributed by atoms with Gasteiger partial charge >= 0.3 is 0 Å². The number of rotatable bonds is 5. The molecule has 2 aliphatic heterocycles. The van der Waals surface area contributed by atoms with E-state index in [0.29, 0.717) is 49.2 Å². The van der Waals surface area contributed by atoms with Crippen molar-refractivity contribution in [1.29, 1.82) is 0 Å². The molecule has 3 aromatic rings. The number of para-hydroxylation sites is 1. The summed E-state index contributed by atoms with van der Waals surface area (Å²) < 4.78 is 12.1. The maximum atomic E-state index is 13.8. The Morgan fingerprint density at radius 2 is 1.61 bits per heavy atom. The van der Waals surface area contributed by atoms with Crippen molar-refractivity contribution in [2.75, 3.05) is 13.1 Å².